The molecule has 8 heteroatoms. The van der Waals surface area contributed by atoms with E-state index in [2.05, 4.69) is 10.3 Å². The number of carbonyl (C=O) groups excluding carboxylic acids is 1. The molecular formula is C21H23N3O3S2. The van der Waals surface area contributed by atoms with E-state index in [1.807, 2.05) is 25.1 Å². The zero-order chi connectivity index (χ0) is 20.6. The Labute approximate surface area is 174 Å². The third-order valence-electron chi connectivity index (χ3n) is 5.15. The molecule has 0 saturated carbocycles. The van der Waals surface area contributed by atoms with Gasteiger partial charge >= 0.3 is 0 Å². The zero-order valence-electron chi connectivity index (χ0n) is 16.4. The van der Waals surface area contributed by atoms with Gasteiger partial charge in [0.1, 0.15) is 0 Å². The van der Waals surface area contributed by atoms with Gasteiger partial charge in [-0.15, -0.1) is 0 Å². The summed E-state index contributed by atoms with van der Waals surface area (Å²) in [5.41, 5.74) is 2.91. The molecule has 1 aliphatic rings. The normalized spacial score (nSPS) is 15.5. The average Bonchev–Trinajstić information content (AvgIpc) is 3.10. The molecule has 1 aliphatic heterocycles. The van der Waals surface area contributed by atoms with Gasteiger partial charge in [-0.05, 0) is 62.1 Å². The summed E-state index contributed by atoms with van der Waals surface area (Å²) >= 11 is 1.40. The molecule has 2 heterocycles. The molecule has 4 rings (SSSR count). The van der Waals surface area contributed by atoms with Crippen LogP contribution in [0.4, 0.5) is 5.13 Å². The van der Waals surface area contributed by atoms with Crippen LogP contribution in [0.3, 0.4) is 0 Å². The van der Waals surface area contributed by atoms with Crippen LogP contribution in [-0.2, 0) is 10.0 Å². The Kier molecular flexibility index (Phi) is 5.42. The first kappa shape index (κ1) is 20.0. The fraction of sp³-hybridized carbons (Fsp3) is 0.333. The first-order valence-electron chi connectivity index (χ1n) is 9.64. The Hall–Kier alpha value is -2.29. The van der Waals surface area contributed by atoms with Crippen molar-refractivity contribution >= 4 is 42.6 Å². The molecule has 1 saturated heterocycles. The highest BCUT2D eigenvalue weighted by Gasteiger charge is 2.28. The number of sulfonamides is 1. The van der Waals surface area contributed by atoms with Crippen molar-refractivity contribution in [3.8, 4) is 0 Å². The van der Waals surface area contributed by atoms with Gasteiger partial charge in [-0.3, -0.25) is 10.1 Å². The van der Waals surface area contributed by atoms with E-state index in [9.17, 15) is 13.2 Å². The van der Waals surface area contributed by atoms with E-state index in [0.29, 0.717) is 29.3 Å². The second kappa shape index (κ2) is 7.85. The van der Waals surface area contributed by atoms with Crippen molar-refractivity contribution < 1.29 is 13.2 Å². The molecular weight excluding hydrogens is 406 g/mol. The van der Waals surface area contributed by atoms with E-state index in [-0.39, 0.29) is 10.8 Å². The molecule has 0 bridgehead atoms. The smallest absolute Gasteiger partial charge is 0.257 e. The van der Waals surface area contributed by atoms with E-state index in [0.717, 1.165) is 35.0 Å². The van der Waals surface area contributed by atoms with Crippen LogP contribution in [0.25, 0.3) is 10.2 Å². The quantitative estimate of drug-likeness (QED) is 0.669. The highest BCUT2D eigenvalue weighted by Crippen LogP contribution is 2.28. The zero-order valence-corrected chi connectivity index (χ0v) is 18.1. The molecule has 6 nitrogen and oxygen atoms in total. The number of aryl methyl sites for hydroxylation is 2. The van der Waals surface area contributed by atoms with Crippen LogP contribution in [-0.4, -0.2) is 36.7 Å². The number of piperidine rings is 1. The van der Waals surface area contributed by atoms with Crippen LogP contribution in [0.2, 0.25) is 0 Å². The van der Waals surface area contributed by atoms with Crippen molar-refractivity contribution in [1.29, 1.82) is 0 Å². The van der Waals surface area contributed by atoms with E-state index >= 15 is 0 Å². The topological polar surface area (TPSA) is 79.4 Å². The number of thiazole rings is 1. The second-order valence-corrected chi connectivity index (χ2v) is 10.3. The van der Waals surface area contributed by atoms with Gasteiger partial charge in [0.05, 0.1) is 15.1 Å². The summed E-state index contributed by atoms with van der Waals surface area (Å²) in [4.78, 5) is 17.4. The highest BCUT2D eigenvalue weighted by molar-refractivity contribution is 7.89. The average molecular weight is 430 g/mol. The number of carbonyl (C=O) groups is 1. The Bertz CT molecular complexity index is 1180. The van der Waals surface area contributed by atoms with E-state index in [1.54, 1.807) is 19.1 Å². The SMILES string of the molecule is Cc1ccc2nc(NC(=O)c3ccc(C)c(S(=O)(=O)N4CCCCC4)c3)sc2c1. The molecule has 1 amide bonds. The van der Waals surface area contributed by atoms with Gasteiger partial charge < -0.3 is 0 Å². The van der Waals surface area contributed by atoms with Crippen LogP contribution < -0.4 is 5.32 Å². The fourth-order valence-electron chi connectivity index (χ4n) is 3.52. The van der Waals surface area contributed by atoms with Crippen LogP contribution in [0, 0.1) is 13.8 Å². The van der Waals surface area contributed by atoms with Crippen molar-refractivity contribution in [2.24, 2.45) is 0 Å². The molecule has 3 aromatic rings. The number of hydrogen-bond donors (Lipinski definition) is 1. The fourth-order valence-corrected chi connectivity index (χ4v) is 6.25. The molecule has 2 aromatic carbocycles. The van der Waals surface area contributed by atoms with E-state index < -0.39 is 10.0 Å². The lowest BCUT2D eigenvalue weighted by Crippen LogP contribution is -2.36. The van der Waals surface area contributed by atoms with Crippen molar-refractivity contribution in [2.75, 3.05) is 18.4 Å². The third-order valence-corrected chi connectivity index (χ3v) is 8.12. The molecule has 0 spiro atoms. The summed E-state index contributed by atoms with van der Waals surface area (Å²) in [6.45, 7) is 4.83. The lowest BCUT2D eigenvalue weighted by Gasteiger charge is -2.26. The van der Waals surface area contributed by atoms with Gasteiger partial charge in [-0.2, -0.15) is 4.31 Å². The summed E-state index contributed by atoms with van der Waals surface area (Å²) < 4.78 is 28.7. The minimum Gasteiger partial charge on any atom is -0.298 e. The van der Waals surface area contributed by atoms with Crippen molar-refractivity contribution in [3.05, 3.63) is 53.1 Å². The monoisotopic (exact) mass is 429 g/mol. The van der Waals surface area contributed by atoms with Crippen molar-refractivity contribution in [3.63, 3.8) is 0 Å². The van der Waals surface area contributed by atoms with Crippen molar-refractivity contribution in [1.82, 2.24) is 9.29 Å². The second-order valence-electron chi connectivity index (χ2n) is 7.39. The summed E-state index contributed by atoms with van der Waals surface area (Å²) in [5, 5.41) is 3.30. The van der Waals surface area contributed by atoms with Gasteiger partial charge in [0.2, 0.25) is 10.0 Å². The molecule has 0 radical (unpaired) electrons. The Morgan fingerprint density at radius 2 is 1.83 bits per heavy atom. The number of amides is 1. The molecule has 0 aliphatic carbocycles. The summed E-state index contributed by atoms with van der Waals surface area (Å²) in [7, 11) is -3.61. The molecule has 0 unspecified atom stereocenters. The minimum atomic E-state index is -3.61. The van der Waals surface area contributed by atoms with E-state index in [1.165, 1.54) is 21.7 Å². The number of nitrogens with one attached hydrogen (secondary N) is 1. The Morgan fingerprint density at radius 1 is 1.07 bits per heavy atom. The van der Waals surface area contributed by atoms with Crippen molar-refractivity contribution in [2.45, 2.75) is 38.0 Å². The number of anilines is 1. The number of fused-ring (bicyclic) bond motifs is 1. The van der Waals surface area contributed by atoms with Crippen LogP contribution >= 0.6 is 11.3 Å². The molecule has 0 atom stereocenters. The number of hydrogen-bond acceptors (Lipinski definition) is 5. The maximum atomic E-state index is 13.1. The molecule has 29 heavy (non-hydrogen) atoms. The first-order chi connectivity index (χ1) is 13.8. The van der Waals surface area contributed by atoms with Gasteiger partial charge in [0, 0.05) is 18.7 Å². The summed E-state index contributed by atoms with van der Waals surface area (Å²) in [5.74, 6) is -0.365. The highest BCUT2D eigenvalue weighted by atomic mass is 32.2. The summed E-state index contributed by atoms with van der Waals surface area (Å²) in [6.07, 6.45) is 2.79. The maximum Gasteiger partial charge on any atom is 0.257 e. The number of aromatic nitrogens is 1. The molecule has 1 fully saturated rings. The van der Waals surface area contributed by atoms with E-state index in [4.69, 9.17) is 0 Å². The Balaban J connectivity index is 1.61. The maximum absolute atomic E-state index is 13.1. The largest absolute Gasteiger partial charge is 0.298 e. The van der Waals surface area contributed by atoms with Gasteiger partial charge in [-0.1, -0.05) is 29.9 Å². The third kappa shape index (κ3) is 4.05. The lowest BCUT2D eigenvalue weighted by molar-refractivity contribution is 0.102. The number of nitrogens with zero attached hydrogens (tertiary/aromatic N) is 2. The first-order valence-corrected chi connectivity index (χ1v) is 11.9. The van der Waals surface area contributed by atoms with Gasteiger partial charge in [-0.25, -0.2) is 13.4 Å². The summed E-state index contributed by atoms with van der Waals surface area (Å²) in [6, 6.07) is 10.7. The molecule has 152 valence electrons. The lowest BCUT2D eigenvalue weighted by atomic mass is 10.1. The van der Waals surface area contributed by atoms with Crippen LogP contribution in [0.1, 0.15) is 40.7 Å². The number of benzene rings is 2. The van der Waals surface area contributed by atoms with Crippen LogP contribution in [0.5, 0.6) is 0 Å². The Morgan fingerprint density at radius 3 is 2.59 bits per heavy atom. The van der Waals surface area contributed by atoms with Crippen LogP contribution in [0.15, 0.2) is 41.3 Å². The van der Waals surface area contributed by atoms with Gasteiger partial charge in [0.25, 0.3) is 5.91 Å². The molecule has 1 aromatic heterocycles. The van der Waals surface area contributed by atoms with Gasteiger partial charge in [0.15, 0.2) is 5.13 Å². The standard InChI is InChI=1S/C21H23N3O3S2/c1-14-6-9-17-18(12-14)28-21(22-17)23-20(25)16-8-7-15(2)19(13-16)29(26,27)24-10-4-3-5-11-24/h6-9,12-13H,3-5,10-11H2,1-2H3,(H,22,23,25). The molecule has 1 N–H and O–H groups in total. The predicted octanol–water partition coefficient (Wildman–Crippen LogP) is 4.34. The minimum absolute atomic E-state index is 0.201. The predicted molar refractivity (Wildman–Crippen MR) is 116 cm³/mol. The number of rotatable bonds is 4.